The Labute approximate surface area is 126 Å². The predicted molar refractivity (Wildman–Crippen MR) is 83.5 cm³/mol. The topological polar surface area (TPSA) is 29.0 Å². The highest BCUT2D eigenvalue weighted by Crippen LogP contribution is 2.22. The molecule has 0 radical (unpaired) electrons. The summed E-state index contributed by atoms with van der Waals surface area (Å²) in [4.78, 5) is 2.32. The largest absolute Gasteiger partial charge is 0.297 e. The van der Waals surface area contributed by atoms with Gasteiger partial charge < -0.3 is 0 Å². The van der Waals surface area contributed by atoms with Gasteiger partial charge in [0.05, 0.1) is 6.04 Å². The normalized spacial score (nSPS) is 12.9. The van der Waals surface area contributed by atoms with Crippen LogP contribution in [0.2, 0.25) is 0 Å². The van der Waals surface area contributed by atoms with Gasteiger partial charge in [-0.1, -0.05) is 28.1 Å². The molecule has 1 atom stereocenters. The first-order chi connectivity index (χ1) is 9.06. The molecule has 0 aliphatic carbocycles. The minimum atomic E-state index is 0.321. The fourth-order valence-corrected chi connectivity index (χ4v) is 2.90. The van der Waals surface area contributed by atoms with Crippen molar-refractivity contribution in [3.8, 4) is 0 Å². The van der Waals surface area contributed by atoms with E-state index in [4.69, 9.17) is 0 Å². The maximum Gasteiger partial charge on any atom is 0.134 e. The first-order valence-electron chi connectivity index (χ1n) is 6.31. The average molecular weight is 340 g/mol. The van der Waals surface area contributed by atoms with E-state index < -0.39 is 0 Å². The summed E-state index contributed by atoms with van der Waals surface area (Å²) >= 11 is 5.14. The summed E-state index contributed by atoms with van der Waals surface area (Å²) < 4.78 is 1.13. The average Bonchev–Trinajstić information content (AvgIpc) is 2.83. The molecule has 3 nitrogen and oxygen atoms in total. The molecule has 0 amide bonds. The quantitative estimate of drug-likeness (QED) is 0.828. The molecule has 2 rings (SSSR count). The van der Waals surface area contributed by atoms with Gasteiger partial charge in [0, 0.05) is 11.0 Å². The Bertz CT molecular complexity index is 524. The number of hydrogen-bond donors (Lipinski definition) is 0. The zero-order valence-electron chi connectivity index (χ0n) is 11.4. The lowest BCUT2D eigenvalue weighted by molar-refractivity contribution is 0.263. The van der Waals surface area contributed by atoms with Gasteiger partial charge in [0.25, 0.3) is 0 Å². The molecule has 0 spiro atoms. The third kappa shape index (κ3) is 4.09. The SMILES string of the molecule is Cc1nnc([C@@H](C)N(C)CCc2ccc(Br)cc2)s1. The van der Waals surface area contributed by atoms with Crippen LogP contribution in [0.3, 0.4) is 0 Å². The molecule has 0 fully saturated rings. The van der Waals surface area contributed by atoms with Gasteiger partial charge in [0.15, 0.2) is 0 Å². The third-order valence-electron chi connectivity index (χ3n) is 3.23. The summed E-state index contributed by atoms with van der Waals surface area (Å²) in [5.74, 6) is 0. The number of aryl methyl sites for hydroxylation is 1. The Morgan fingerprint density at radius 1 is 1.26 bits per heavy atom. The number of aromatic nitrogens is 2. The van der Waals surface area contributed by atoms with Crippen molar-refractivity contribution in [3.63, 3.8) is 0 Å². The zero-order chi connectivity index (χ0) is 13.8. The summed E-state index contributed by atoms with van der Waals surface area (Å²) in [6, 6.07) is 8.83. The van der Waals surface area contributed by atoms with Gasteiger partial charge in [-0.05, 0) is 45.0 Å². The van der Waals surface area contributed by atoms with E-state index in [1.54, 1.807) is 11.3 Å². The predicted octanol–water partition coefficient (Wildman–Crippen LogP) is 3.84. The van der Waals surface area contributed by atoms with Crippen molar-refractivity contribution in [2.24, 2.45) is 0 Å². The fourth-order valence-electron chi connectivity index (χ4n) is 1.82. The fraction of sp³-hybridized carbons (Fsp3) is 0.429. The highest BCUT2D eigenvalue weighted by Gasteiger charge is 2.15. The second kappa shape index (κ2) is 6.59. The van der Waals surface area contributed by atoms with Crippen molar-refractivity contribution in [2.75, 3.05) is 13.6 Å². The van der Waals surface area contributed by atoms with Crippen molar-refractivity contribution < 1.29 is 0 Å². The highest BCUT2D eigenvalue weighted by atomic mass is 79.9. The Kier molecular flexibility index (Phi) is 5.07. The first-order valence-corrected chi connectivity index (χ1v) is 7.92. The Morgan fingerprint density at radius 2 is 1.95 bits per heavy atom. The summed E-state index contributed by atoms with van der Waals surface area (Å²) in [6.45, 7) is 5.19. The van der Waals surface area contributed by atoms with Crippen LogP contribution in [0, 0.1) is 6.92 Å². The van der Waals surface area contributed by atoms with Crippen LogP contribution in [0.5, 0.6) is 0 Å². The lowest BCUT2D eigenvalue weighted by Gasteiger charge is -2.22. The number of nitrogens with zero attached hydrogens (tertiary/aromatic N) is 3. The van der Waals surface area contributed by atoms with Crippen molar-refractivity contribution in [1.29, 1.82) is 0 Å². The smallest absolute Gasteiger partial charge is 0.134 e. The summed E-state index contributed by atoms with van der Waals surface area (Å²) in [5, 5.41) is 10.4. The molecule has 0 N–H and O–H groups in total. The van der Waals surface area contributed by atoms with Crippen LogP contribution in [0.1, 0.15) is 28.5 Å². The molecule has 1 aromatic carbocycles. The van der Waals surface area contributed by atoms with Gasteiger partial charge >= 0.3 is 0 Å². The van der Waals surface area contributed by atoms with E-state index >= 15 is 0 Å². The third-order valence-corrected chi connectivity index (χ3v) is 4.76. The van der Waals surface area contributed by atoms with Gasteiger partial charge in [-0.15, -0.1) is 21.5 Å². The van der Waals surface area contributed by atoms with Gasteiger partial charge in [-0.2, -0.15) is 0 Å². The number of likely N-dealkylation sites (N-methyl/N-ethyl adjacent to an activating group) is 1. The van der Waals surface area contributed by atoms with Crippen LogP contribution in [0.15, 0.2) is 28.7 Å². The van der Waals surface area contributed by atoms with E-state index in [0.29, 0.717) is 6.04 Å². The highest BCUT2D eigenvalue weighted by molar-refractivity contribution is 9.10. The molecule has 0 aliphatic rings. The van der Waals surface area contributed by atoms with Crippen molar-refractivity contribution >= 4 is 27.3 Å². The number of halogens is 1. The molecule has 0 bridgehead atoms. The zero-order valence-corrected chi connectivity index (χ0v) is 13.8. The number of rotatable bonds is 5. The van der Waals surface area contributed by atoms with E-state index in [1.807, 2.05) is 6.92 Å². The molecular formula is C14H18BrN3S. The van der Waals surface area contributed by atoms with E-state index in [0.717, 1.165) is 27.5 Å². The van der Waals surface area contributed by atoms with Crippen LogP contribution in [-0.4, -0.2) is 28.7 Å². The van der Waals surface area contributed by atoms with E-state index in [1.165, 1.54) is 5.56 Å². The minimum Gasteiger partial charge on any atom is -0.297 e. The molecule has 1 heterocycles. The molecule has 0 aliphatic heterocycles. The van der Waals surface area contributed by atoms with Crippen LogP contribution in [0.25, 0.3) is 0 Å². The van der Waals surface area contributed by atoms with Gasteiger partial charge in [0.2, 0.25) is 0 Å². The van der Waals surface area contributed by atoms with Crippen LogP contribution in [-0.2, 0) is 6.42 Å². The van der Waals surface area contributed by atoms with E-state index in [-0.39, 0.29) is 0 Å². The van der Waals surface area contributed by atoms with Crippen LogP contribution >= 0.6 is 27.3 Å². The number of benzene rings is 1. The van der Waals surface area contributed by atoms with E-state index in [9.17, 15) is 0 Å². The van der Waals surface area contributed by atoms with Crippen molar-refractivity contribution in [2.45, 2.75) is 26.3 Å². The molecule has 19 heavy (non-hydrogen) atoms. The summed E-state index contributed by atoms with van der Waals surface area (Å²) in [7, 11) is 2.14. The molecule has 2 aromatic rings. The Morgan fingerprint density at radius 3 is 2.53 bits per heavy atom. The molecule has 0 unspecified atom stereocenters. The maximum atomic E-state index is 4.22. The Balaban J connectivity index is 1.90. The molecule has 1 aromatic heterocycles. The second-order valence-electron chi connectivity index (χ2n) is 4.69. The van der Waals surface area contributed by atoms with Crippen molar-refractivity contribution in [1.82, 2.24) is 15.1 Å². The molecule has 5 heteroatoms. The summed E-state index contributed by atoms with van der Waals surface area (Å²) in [5.41, 5.74) is 1.36. The first kappa shape index (κ1) is 14.6. The maximum absolute atomic E-state index is 4.22. The van der Waals surface area contributed by atoms with Crippen LogP contribution in [0.4, 0.5) is 0 Å². The minimum absolute atomic E-state index is 0.321. The lowest BCUT2D eigenvalue weighted by Crippen LogP contribution is -2.24. The van der Waals surface area contributed by atoms with Crippen molar-refractivity contribution in [3.05, 3.63) is 44.3 Å². The van der Waals surface area contributed by atoms with E-state index in [2.05, 4.69) is 69.3 Å². The molecule has 102 valence electrons. The lowest BCUT2D eigenvalue weighted by atomic mass is 10.1. The van der Waals surface area contributed by atoms with Gasteiger partial charge in [-0.3, -0.25) is 4.90 Å². The van der Waals surface area contributed by atoms with Crippen LogP contribution < -0.4 is 0 Å². The molecule has 0 saturated heterocycles. The Hall–Kier alpha value is -0.780. The standard InChI is InChI=1S/C14H18BrN3S/c1-10(14-17-16-11(2)19-14)18(3)9-8-12-4-6-13(15)7-5-12/h4-7,10H,8-9H2,1-3H3/t10-/m1/s1. The molecule has 0 saturated carbocycles. The second-order valence-corrected chi connectivity index (χ2v) is 6.82. The summed E-state index contributed by atoms with van der Waals surface area (Å²) in [6.07, 6.45) is 1.05. The van der Waals surface area contributed by atoms with Gasteiger partial charge in [-0.25, -0.2) is 0 Å². The number of hydrogen-bond acceptors (Lipinski definition) is 4. The molecular weight excluding hydrogens is 322 g/mol. The van der Waals surface area contributed by atoms with Gasteiger partial charge in [0.1, 0.15) is 10.0 Å². The monoisotopic (exact) mass is 339 g/mol.